The first-order valence-electron chi connectivity index (χ1n) is 6.71. The van der Waals surface area contributed by atoms with Gasteiger partial charge in [0.15, 0.2) is 0 Å². The maximum Gasteiger partial charge on any atom is 0.407 e. The second-order valence-corrected chi connectivity index (χ2v) is 5.68. The summed E-state index contributed by atoms with van der Waals surface area (Å²) in [5.41, 5.74) is 1.39. The topological polar surface area (TPSA) is 58.6 Å². The molecule has 1 aromatic carbocycles. The van der Waals surface area contributed by atoms with E-state index < -0.39 is 11.7 Å². The Balaban J connectivity index is 2.36. The third-order valence-electron chi connectivity index (χ3n) is 2.46. The molecule has 0 saturated heterocycles. The Bertz CT molecular complexity index is 487. The van der Waals surface area contributed by atoms with E-state index in [9.17, 15) is 9.90 Å². The lowest BCUT2D eigenvalue weighted by atomic mass is 10.1. The third-order valence-corrected chi connectivity index (χ3v) is 2.46. The Morgan fingerprint density at radius 3 is 2.75 bits per heavy atom. The number of ether oxygens (including phenoxy) is 1. The van der Waals surface area contributed by atoms with Crippen molar-refractivity contribution in [3.05, 3.63) is 35.4 Å². The van der Waals surface area contributed by atoms with Gasteiger partial charge in [-0.15, -0.1) is 0 Å². The third kappa shape index (κ3) is 6.27. The molecule has 4 nitrogen and oxygen atoms in total. The summed E-state index contributed by atoms with van der Waals surface area (Å²) in [5, 5.41) is 12.3. The normalized spacial score (nSPS) is 11.6. The molecule has 110 valence electrons. The monoisotopic (exact) mass is 277 g/mol. The molecule has 0 saturated carbocycles. The van der Waals surface area contributed by atoms with Crippen LogP contribution in [-0.2, 0) is 4.74 Å². The molecule has 4 heteroatoms. The molecule has 0 heterocycles. The molecule has 1 amide bonds. The fourth-order valence-electron chi connectivity index (χ4n) is 1.59. The van der Waals surface area contributed by atoms with Crippen molar-refractivity contribution >= 4 is 12.2 Å². The van der Waals surface area contributed by atoms with Crippen LogP contribution in [0.4, 0.5) is 4.79 Å². The minimum atomic E-state index is -0.479. The van der Waals surface area contributed by atoms with E-state index in [1.165, 1.54) is 0 Å². The molecule has 2 N–H and O–H groups in total. The summed E-state index contributed by atoms with van der Waals surface area (Å²) in [4.78, 5) is 11.4. The van der Waals surface area contributed by atoms with Crippen LogP contribution in [0.25, 0.3) is 6.08 Å². The first kappa shape index (κ1) is 16.1. The van der Waals surface area contributed by atoms with Crippen LogP contribution in [0.2, 0.25) is 0 Å². The van der Waals surface area contributed by atoms with Gasteiger partial charge in [-0.2, -0.15) is 0 Å². The lowest BCUT2D eigenvalue weighted by Crippen LogP contribution is -2.32. The summed E-state index contributed by atoms with van der Waals surface area (Å²) in [5.74, 6) is 0.256. The Morgan fingerprint density at radius 1 is 1.40 bits per heavy atom. The van der Waals surface area contributed by atoms with Gasteiger partial charge in [0.05, 0.1) is 0 Å². The van der Waals surface area contributed by atoms with Crippen molar-refractivity contribution in [2.45, 2.75) is 39.7 Å². The van der Waals surface area contributed by atoms with Gasteiger partial charge in [-0.1, -0.05) is 23.8 Å². The molecule has 0 aliphatic rings. The van der Waals surface area contributed by atoms with E-state index in [-0.39, 0.29) is 5.75 Å². The summed E-state index contributed by atoms with van der Waals surface area (Å²) in [6.07, 6.45) is 4.02. The number of amides is 1. The van der Waals surface area contributed by atoms with Crippen LogP contribution in [-0.4, -0.2) is 23.3 Å². The van der Waals surface area contributed by atoms with Crippen LogP contribution in [0.1, 0.15) is 38.3 Å². The van der Waals surface area contributed by atoms with E-state index >= 15 is 0 Å². The minimum absolute atomic E-state index is 0.256. The highest BCUT2D eigenvalue weighted by Gasteiger charge is 2.15. The second kappa shape index (κ2) is 6.98. The van der Waals surface area contributed by atoms with Gasteiger partial charge < -0.3 is 15.2 Å². The van der Waals surface area contributed by atoms with E-state index in [2.05, 4.69) is 5.32 Å². The van der Waals surface area contributed by atoms with Crippen LogP contribution in [0.5, 0.6) is 5.75 Å². The Hall–Kier alpha value is -1.97. The number of alkyl carbamates (subject to hydrolysis) is 1. The van der Waals surface area contributed by atoms with Gasteiger partial charge in [0, 0.05) is 12.1 Å². The molecule has 0 aliphatic carbocycles. The molecule has 0 bridgehead atoms. The van der Waals surface area contributed by atoms with E-state index in [1.807, 2.05) is 52.0 Å². The average Bonchev–Trinajstić information content (AvgIpc) is 2.30. The van der Waals surface area contributed by atoms with Gasteiger partial charge >= 0.3 is 6.09 Å². The number of nitrogens with one attached hydrogen (secondary N) is 1. The number of benzene rings is 1. The predicted molar refractivity (Wildman–Crippen MR) is 80.7 cm³/mol. The standard InChI is InChI=1S/C16H23NO3/c1-12-8-9-14(18)13(11-12)7-5-6-10-17-15(19)20-16(2,3)4/h5,7-9,11,18H,6,10H2,1-4H3,(H,17,19). The maximum absolute atomic E-state index is 11.4. The lowest BCUT2D eigenvalue weighted by molar-refractivity contribution is 0.0529. The highest BCUT2D eigenvalue weighted by molar-refractivity contribution is 5.67. The molecule has 0 fully saturated rings. The number of hydrogen-bond donors (Lipinski definition) is 2. The number of aromatic hydroxyl groups is 1. The van der Waals surface area contributed by atoms with Crippen molar-refractivity contribution in [2.24, 2.45) is 0 Å². The minimum Gasteiger partial charge on any atom is -0.507 e. The SMILES string of the molecule is Cc1ccc(O)c(C=CCCNC(=O)OC(C)(C)C)c1. The van der Waals surface area contributed by atoms with Gasteiger partial charge in [-0.3, -0.25) is 0 Å². The van der Waals surface area contributed by atoms with E-state index in [4.69, 9.17) is 4.74 Å². The summed E-state index contributed by atoms with van der Waals surface area (Å²) in [6, 6.07) is 5.44. The van der Waals surface area contributed by atoms with Crippen molar-refractivity contribution in [2.75, 3.05) is 6.54 Å². The van der Waals surface area contributed by atoms with Gasteiger partial charge in [0.25, 0.3) is 0 Å². The molecular weight excluding hydrogens is 254 g/mol. The van der Waals surface area contributed by atoms with Crippen LogP contribution in [0.3, 0.4) is 0 Å². The van der Waals surface area contributed by atoms with Crippen molar-refractivity contribution in [3.8, 4) is 5.75 Å². The smallest absolute Gasteiger partial charge is 0.407 e. The predicted octanol–water partition coefficient (Wildman–Crippen LogP) is 3.63. The number of aryl methyl sites for hydroxylation is 1. The summed E-state index contributed by atoms with van der Waals surface area (Å²) >= 11 is 0. The highest BCUT2D eigenvalue weighted by Crippen LogP contribution is 2.19. The molecular formula is C16H23NO3. The first-order valence-corrected chi connectivity index (χ1v) is 6.71. The summed E-state index contributed by atoms with van der Waals surface area (Å²) in [6.45, 7) is 7.95. The van der Waals surface area contributed by atoms with Crippen molar-refractivity contribution < 1.29 is 14.6 Å². The van der Waals surface area contributed by atoms with Gasteiger partial charge in [0.2, 0.25) is 0 Å². The largest absolute Gasteiger partial charge is 0.507 e. The van der Waals surface area contributed by atoms with E-state index in [0.717, 1.165) is 11.1 Å². The van der Waals surface area contributed by atoms with Gasteiger partial charge in [0.1, 0.15) is 11.4 Å². The molecule has 0 spiro atoms. The molecule has 0 unspecified atom stereocenters. The molecule has 0 aromatic heterocycles. The zero-order valence-corrected chi connectivity index (χ0v) is 12.6. The molecule has 0 atom stereocenters. The molecule has 1 aromatic rings. The lowest BCUT2D eigenvalue weighted by Gasteiger charge is -2.19. The van der Waals surface area contributed by atoms with E-state index in [0.29, 0.717) is 13.0 Å². The molecule has 0 radical (unpaired) electrons. The van der Waals surface area contributed by atoms with Crippen LogP contribution >= 0.6 is 0 Å². The van der Waals surface area contributed by atoms with Gasteiger partial charge in [-0.05, 0) is 46.2 Å². The maximum atomic E-state index is 11.4. The molecule has 20 heavy (non-hydrogen) atoms. The fraction of sp³-hybridized carbons (Fsp3) is 0.438. The number of rotatable bonds is 4. The van der Waals surface area contributed by atoms with Crippen molar-refractivity contribution in [1.82, 2.24) is 5.32 Å². The number of carbonyl (C=O) groups is 1. The molecule has 0 aliphatic heterocycles. The molecule has 1 rings (SSSR count). The average molecular weight is 277 g/mol. The number of hydrogen-bond acceptors (Lipinski definition) is 3. The quantitative estimate of drug-likeness (QED) is 0.826. The number of phenols is 1. The fourth-order valence-corrected chi connectivity index (χ4v) is 1.59. The van der Waals surface area contributed by atoms with Crippen LogP contribution < -0.4 is 5.32 Å². The Labute approximate surface area is 120 Å². The Kier molecular flexibility index (Phi) is 5.62. The van der Waals surface area contributed by atoms with Crippen LogP contribution in [0, 0.1) is 6.92 Å². The zero-order valence-electron chi connectivity index (χ0n) is 12.6. The summed E-state index contributed by atoms with van der Waals surface area (Å²) < 4.78 is 5.12. The van der Waals surface area contributed by atoms with Crippen molar-refractivity contribution in [3.63, 3.8) is 0 Å². The highest BCUT2D eigenvalue weighted by atomic mass is 16.6. The zero-order chi connectivity index (χ0) is 15.2. The Morgan fingerprint density at radius 2 is 2.10 bits per heavy atom. The number of carbonyl (C=O) groups excluding carboxylic acids is 1. The first-order chi connectivity index (χ1) is 9.28. The van der Waals surface area contributed by atoms with Crippen LogP contribution in [0.15, 0.2) is 24.3 Å². The van der Waals surface area contributed by atoms with Crippen molar-refractivity contribution in [1.29, 1.82) is 0 Å². The van der Waals surface area contributed by atoms with Gasteiger partial charge in [-0.25, -0.2) is 4.79 Å². The number of phenolic OH excluding ortho intramolecular Hbond substituents is 1. The van der Waals surface area contributed by atoms with E-state index in [1.54, 1.807) is 6.07 Å². The summed E-state index contributed by atoms with van der Waals surface area (Å²) in [7, 11) is 0. The second-order valence-electron chi connectivity index (χ2n) is 5.68.